The Balaban J connectivity index is 2.49. The van der Waals surface area contributed by atoms with Crippen LogP contribution in [-0.2, 0) is 4.79 Å². The maximum Gasteiger partial charge on any atom is 0.248 e. The van der Waals surface area contributed by atoms with Crippen molar-refractivity contribution < 1.29 is 14.7 Å². The van der Waals surface area contributed by atoms with E-state index in [1.807, 2.05) is 13.8 Å². The van der Waals surface area contributed by atoms with Crippen LogP contribution in [0.2, 0.25) is 0 Å². The molecule has 1 aromatic rings. The van der Waals surface area contributed by atoms with Gasteiger partial charge in [-0.15, -0.1) is 0 Å². The second kappa shape index (κ2) is 9.00. The van der Waals surface area contributed by atoms with Crippen molar-refractivity contribution in [3.8, 4) is 0 Å². The van der Waals surface area contributed by atoms with E-state index in [1.54, 1.807) is 30.3 Å². The second-order valence-electron chi connectivity index (χ2n) is 5.21. The minimum Gasteiger partial charge on any atom is -0.391 e. The SMILES string of the molecule is CCC(CC)C(O)CNC(=O)/C=C/c1ccc(C(N)=O)cc1. The molecule has 0 aliphatic rings. The highest BCUT2D eigenvalue weighted by molar-refractivity contribution is 5.94. The van der Waals surface area contributed by atoms with Gasteiger partial charge in [0.25, 0.3) is 0 Å². The molecular formula is C17H24N2O3. The standard InChI is InChI=1S/C17H24N2O3/c1-3-13(4-2)15(20)11-19-16(21)10-7-12-5-8-14(9-6-12)17(18)22/h5-10,13,15,20H,3-4,11H2,1-2H3,(H2,18,22)(H,19,21)/b10-7+. The lowest BCUT2D eigenvalue weighted by Gasteiger charge is -2.19. The summed E-state index contributed by atoms with van der Waals surface area (Å²) in [6.07, 6.45) is 4.29. The number of hydrogen-bond acceptors (Lipinski definition) is 3. The van der Waals surface area contributed by atoms with Gasteiger partial charge in [0.2, 0.25) is 11.8 Å². The van der Waals surface area contributed by atoms with Crippen molar-refractivity contribution >= 4 is 17.9 Å². The second-order valence-corrected chi connectivity index (χ2v) is 5.21. The number of carbonyl (C=O) groups excluding carboxylic acids is 2. The summed E-state index contributed by atoms with van der Waals surface area (Å²) in [6, 6.07) is 6.64. The molecule has 5 heteroatoms. The van der Waals surface area contributed by atoms with Crippen LogP contribution in [0.4, 0.5) is 0 Å². The van der Waals surface area contributed by atoms with Crippen molar-refractivity contribution in [2.24, 2.45) is 11.7 Å². The number of rotatable bonds is 8. The monoisotopic (exact) mass is 304 g/mol. The molecule has 1 aromatic carbocycles. The molecule has 0 fully saturated rings. The highest BCUT2D eigenvalue weighted by Gasteiger charge is 2.15. The fourth-order valence-electron chi connectivity index (χ4n) is 2.19. The lowest BCUT2D eigenvalue weighted by Crippen LogP contribution is -2.35. The van der Waals surface area contributed by atoms with E-state index >= 15 is 0 Å². The first kappa shape index (κ1) is 17.9. The Kier molecular flexibility index (Phi) is 7.32. The number of aliphatic hydroxyl groups is 1. The molecular weight excluding hydrogens is 280 g/mol. The van der Waals surface area contributed by atoms with Crippen LogP contribution in [0.5, 0.6) is 0 Å². The number of amides is 2. The average molecular weight is 304 g/mol. The zero-order chi connectivity index (χ0) is 16.5. The van der Waals surface area contributed by atoms with Gasteiger partial charge in [-0.1, -0.05) is 38.8 Å². The largest absolute Gasteiger partial charge is 0.391 e. The Morgan fingerprint density at radius 2 is 1.82 bits per heavy atom. The molecule has 22 heavy (non-hydrogen) atoms. The molecule has 0 saturated carbocycles. The van der Waals surface area contributed by atoms with Gasteiger partial charge in [-0.3, -0.25) is 9.59 Å². The van der Waals surface area contributed by atoms with Crippen LogP contribution in [0, 0.1) is 5.92 Å². The van der Waals surface area contributed by atoms with Crippen LogP contribution in [0.15, 0.2) is 30.3 Å². The molecule has 0 saturated heterocycles. The summed E-state index contributed by atoms with van der Waals surface area (Å²) in [5.41, 5.74) is 6.37. The van der Waals surface area contributed by atoms with Crippen molar-refractivity contribution in [1.29, 1.82) is 0 Å². The van der Waals surface area contributed by atoms with Crippen molar-refractivity contribution in [2.75, 3.05) is 6.54 Å². The third-order valence-electron chi connectivity index (χ3n) is 3.70. The van der Waals surface area contributed by atoms with Gasteiger partial charge < -0.3 is 16.2 Å². The normalized spacial score (nSPS) is 12.5. The summed E-state index contributed by atoms with van der Waals surface area (Å²) in [5.74, 6) is -0.543. The van der Waals surface area contributed by atoms with Crippen LogP contribution in [-0.4, -0.2) is 29.6 Å². The number of benzene rings is 1. The Hall–Kier alpha value is -2.14. The van der Waals surface area contributed by atoms with Crippen molar-refractivity contribution in [2.45, 2.75) is 32.8 Å². The van der Waals surface area contributed by atoms with E-state index in [9.17, 15) is 14.7 Å². The molecule has 0 radical (unpaired) electrons. The molecule has 2 amide bonds. The topological polar surface area (TPSA) is 92.4 Å². The van der Waals surface area contributed by atoms with E-state index in [0.29, 0.717) is 5.56 Å². The molecule has 5 nitrogen and oxygen atoms in total. The molecule has 0 heterocycles. The molecule has 120 valence electrons. The van der Waals surface area contributed by atoms with Crippen LogP contribution in [0.3, 0.4) is 0 Å². The first-order valence-electron chi connectivity index (χ1n) is 7.51. The summed E-state index contributed by atoms with van der Waals surface area (Å²) >= 11 is 0. The van der Waals surface area contributed by atoms with Crippen molar-refractivity contribution in [3.05, 3.63) is 41.5 Å². The van der Waals surface area contributed by atoms with Crippen LogP contribution in [0.25, 0.3) is 6.08 Å². The molecule has 1 unspecified atom stereocenters. The Labute approximate surface area is 131 Å². The molecule has 0 aliphatic heterocycles. The number of nitrogens with one attached hydrogen (secondary N) is 1. The first-order chi connectivity index (χ1) is 10.5. The summed E-state index contributed by atoms with van der Waals surface area (Å²) in [5, 5.41) is 12.6. The molecule has 0 bridgehead atoms. The average Bonchev–Trinajstić information content (AvgIpc) is 2.52. The first-order valence-corrected chi connectivity index (χ1v) is 7.51. The number of hydrogen-bond donors (Lipinski definition) is 3. The highest BCUT2D eigenvalue weighted by Crippen LogP contribution is 2.12. The lowest BCUT2D eigenvalue weighted by molar-refractivity contribution is -0.117. The van der Waals surface area contributed by atoms with Gasteiger partial charge in [-0.2, -0.15) is 0 Å². The fourth-order valence-corrected chi connectivity index (χ4v) is 2.19. The summed E-state index contributed by atoms with van der Waals surface area (Å²) in [7, 11) is 0. The van der Waals surface area contributed by atoms with Gasteiger partial charge in [0.1, 0.15) is 0 Å². The fraction of sp³-hybridized carbons (Fsp3) is 0.412. The Morgan fingerprint density at radius 1 is 1.23 bits per heavy atom. The molecule has 0 aliphatic carbocycles. The summed E-state index contributed by atoms with van der Waals surface area (Å²) < 4.78 is 0. The maximum absolute atomic E-state index is 11.7. The van der Waals surface area contributed by atoms with E-state index in [4.69, 9.17) is 5.73 Å². The zero-order valence-electron chi connectivity index (χ0n) is 13.1. The minimum absolute atomic E-state index is 0.200. The van der Waals surface area contributed by atoms with E-state index in [-0.39, 0.29) is 18.4 Å². The van der Waals surface area contributed by atoms with Crippen LogP contribution in [0.1, 0.15) is 42.6 Å². The molecule has 0 spiro atoms. The number of primary amides is 1. The number of aliphatic hydroxyl groups excluding tert-OH is 1. The van der Waals surface area contributed by atoms with E-state index < -0.39 is 12.0 Å². The van der Waals surface area contributed by atoms with Gasteiger partial charge >= 0.3 is 0 Å². The number of carbonyl (C=O) groups is 2. The predicted octanol–water partition coefficient (Wildman–Crippen LogP) is 1.71. The number of nitrogens with two attached hydrogens (primary N) is 1. The van der Waals surface area contributed by atoms with Gasteiger partial charge in [0.05, 0.1) is 6.10 Å². The summed E-state index contributed by atoms with van der Waals surface area (Å²) in [6.45, 7) is 4.29. The van der Waals surface area contributed by atoms with Crippen molar-refractivity contribution in [3.63, 3.8) is 0 Å². The van der Waals surface area contributed by atoms with E-state index in [0.717, 1.165) is 18.4 Å². The Bertz CT molecular complexity index is 519. The van der Waals surface area contributed by atoms with Crippen molar-refractivity contribution in [1.82, 2.24) is 5.32 Å². The van der Waals surface area contributed by atoms with Gasteiger partial charge in [0, 0.05) is 18.2 Å². The third kappa shape index (κ3) is 5.69. The quantitative estimate of drug-likeness (QED) is 0.638. The highest BCUT2D eigenvalue weighted by atomic mass is 16.3. The lowest BCUT2D eigenvalue weighted by atomic mass is 9.96. The van der Waals surface area contributed by atoms with Gasteiger partial charge in [0.15, 0.2) is 0 Å². The third-order valence-corrected chi connectivity index (χ3v) is 3.70. The molecule has 4 N–H and O–H groups in total. The van der Waals surface area contributed by atoms with Crippen LogP contribution < -0.4 is 11.1 Å². The van der Waals surface area contributed by atoms with E-state index in [2.05, 4.69) is 5.32 Å². The summed E-state index contributed by atoms with van der Waals surface area (Å²) in [4.78, 5) is 22.7. The zero-order valence-corrected chi connectivity index (χ0v) is 13.1. The molecule has 1 atom stereocenters. The van der Waals surface area contributed by atoms with Gasteiger partial charge in [-0.05, 0) is 29.7 Å². The molecule has 1 rings (SSSR count). The predicted molar refractivity (Wildman–Crippen MR) is 87.1 cm³/mol. The maximum atomic E-state index is 11.7. The molecule has 0 aromatic heterocycles. The van der Waals surface area contributed by atoms with Crippen LogP contribution >= 0.6 is 0 Å². The minimum atomic E-state index is -0.526. The van der Waals surface area contributed by atoms with E-state index in [1.165, 1.54) is 6.08 Å². The Morgan fingerprint density at radius 3 is 2.32 bits per heavy atom. The smallest absolute Gasteiger partial charge is 0.248 e. The van der Waals surface area contributed by atoms with Gasteiger partial charge in [-0.25, -0.2) is 0 Å².